The molecular weight excluding hydrogens is 304 g/mol. The van der Waals surface area contributed by atoms with Crippen molar-refractivity contribution >= 4 is 28.8 Å². The Labute approximate surface area is 136 Å². The third kappa shape index (κ3) is 5.26. The van der Waals surface area contributed by atoms with E-state index in [1.807, 2.05) is 5.38 Å². The van der Waals surface area contributed by atoms with Gasteiger partial charge in [-0.2, -0.15) is 0 Å². The van der Waals surface area contributed by atoms with Crippen LogP contribution in [0.4, 0.5) is 0 Å². The Hall–Kier alpha value is -0.610. The maximum Gasteiger partial charge on any atom is 0.222 e. The minimum atomic E-state index is 0.352. The van der Waals surface area contributed by atoms with Crippen molar-refractivity contribution in [2.75, 3.05) is 13.1 Å². The van der Waals surface area contributed by atoms with Gasteiger partial charge in [-0.25, -0.2) is 4.98 Å². The molecule has 0 aliphatic carbocycles. The Morgan fingerprint density at radius 3 is 3.00 bits per heavy atom. The lowest BCUT2D eigenvalue weighted by atomic mass is 9.98. The number of nitrogens with zero attached hydrogens (tertiary/aromatic N) is 2. The van der Waals surface area contributed by atoms with Gasteiger partial charge in [0.15, 0.2) is 0 Å². The van der Waals surface area contributed by atoms with Crippen LogP contribution in [0.2, 0.25) is 0 Å². The zero-order valence-electron chi connectivity index (χ0n) is 12.8. The molecule has 1 atom stereocenters. The van der Waals surface area contributed by atoms with E-state index in [1.165, 1.54) is 17.8 Å². The largest absolute Gasteiger partial charge is 0.343 e. The van der Waals surface area contributed by atoms with E-state index in [1.54, 1.807) is 11.3 Å². The first-order valence-electron chi connectivity index (χ1n) is 8.00. The number of amides is 1. The van der Waals surface area contributed by atoms with Gasteiger partial charge in [0.2, 0.25) is 5.91 Å². The Balaban J connectivity index is 1.68. The van der Waals surface area contributed by atoms with E-state index in [-0.39, 0.29) is 0 Å². The fourth-order valence-electron chi connectivity index (χ4n) is 2.84. The molecule has 5 heteroatoms. The molecule has 1 amide bonds. The minimum Gasteiger partial charge on any atom is -0.343 e. The molecule has 0 radical (unpaired) electrons. The van der Waals surface area contributed by atoms with Gasteiger partial charge >= 0.3 is 0 Å². The second-order valence-electron chi connectivity index (χ2n) is 5.81. The number of carbonyl (C=O) groups excluding carboxylic acids is 1. The monoisotopic (exact) mass is 328 g/mol. The first-order valence-corrected chi connectivity index (χ1v) is 9.41. The van der Waals surface area contributed by atoms with Crippen molar-refractivity contribution in [1.29, 1.82) is 0 Å². The van der Waals surface area contributed by atoms with Crippen molar-refractivity contribution < 1.29 is 4.79 Å². The SMILES string of the molecule is CCC1CCC(=O)N(CCCCc2nc(CCl)cs2)CC1. The Kier molecular flexibility index (Phi) is 6.97. The Bertz CT molecular complexity index is 449. The number of hydrogen-bond acceptors (Lipinski definition) is 3. The summed E-state index contributed by atoms with van der Waals surface area (Å²) < 4.78 is 0. The zero-order chi connectivity index (χ0) is 15.1. The average Bonchev–Trinajstić information content (AvgIpc) is 2.89. The third-order valence-electron chi connectivity index (χ3n) is 4.31. The molecule has 1 aliphatic heterocycles. The highest BCUT2D eigenvalue weighted by Crippen LogP contribution is 2.21. The van der Waals surface area contributed by atoms with Crippen LogP contribution in [0.25, 0.3) is 0 Å². The normalized spacial score (nSPS) is 19.8. The van der Waals surface area contributed by atoms with Gasteiger partial charge in [-0.05, 0) is 38.0 Å². The number of alkyl halides is 1. The first-order chi connectivity index (χ1) is 10.2. The molecule has 2 heterocycles. The van der Waals surface area contributed by atoms with Gasteiger partial charge in [0, 0.05) is 24.9 Å². The van der Waals surface area contributed by atoms with E-state index >= 15 is 0 Å². The van der Waals surface area contributed by atoms with Crippen LogP contribution in [0.5, 0.6) is 0 Å². The summed E-state index contributed by atoms with van der Waals surface area (Å²) in [4.78, 5) is 18.6. The molecule has 1 aliphatic rings. The summed E-state index contributed by atoms with van der Waals surface area (Å²) in [5.41, 5.74) is 0.977. The summed E-state index contributed by atoms with van der Waals surface area (Å²) in [6.07, 6.45) is 7.35. The molecule has 0 aromatic carbocycles. The van der Waals surface area contributed by atoms with E-state index in [2.05, 4.69) is 16.8 Å². The van der Waals surface area contributed by atoms with Crippen LogP contribution in [0.1, 0.15) is 56.2 Å². The van der Waals surface area contributed by atoms with E-state index in [9.17, 15) is 4.79 Å². The van der Waals surface area contributed by atoms with Crippen LogP contribution in [0.3, 0.4) is 0 Å². The molecule has 118 valence electrons. The van der Waals surface area contributed by atoms with E-state index in [4.69, 9.17) is 11.6 Å². The quantitative estimate of drug-likeness (QED) is 0.554. The molecule has 21 heavy (non-hydrogen) atoms. The fraction of sp³-hybridized carbons (Fsp3) is 0.750. The second kappa shape index (κ2) is 8.74. The van der Waals surface area contributed by atoms with Gasteiger partial charge in [0.1, 0.15) is 0 Å². The van der Waals surface area contributed by atoms with Crippen LogP contribution in [0, 0.1) is 5.92 Å². The van der Waals surface area contributed by atoms with Gasteiger partial charge in [-0.1, -0.05) is 13.3 Å². The molecule has 0 bridgehead atoms. The van der Waals surface area contributed by atoms with Gasteiger partial charge in [0.25, 0.3) is 0 Å². The van der Waals surface area contributed by atoms with E-state index in [0.717, 1.165) is 56.8 Å². The van der Waals surface area contributed by atoms with E-state index in [0.29, 0.717) is 11.8 Å². The number of unbranched alkanes of at least 4 members (excludes halogenated alkanes) is 1. The van der Waals surface area contributed by atoms with E-state index < -0.39 is 0 Å². The molecule has 1 unspecified atom stereocenters. The van der Waals surface area contributed by atoms with Crippen LogP contribution in [0.15, 0.2) is 5.38 Å². The molecule has 1 fully saturated rings. The Morgan fingerprint density at radius 2 is 2.29 bits per heavy atom. The highest BCUT2D eigenvalue weighted by atomic mass is 35.5. The first kappa shape index (κ1) is 16.8. The minimum absolute atomic E-state index is 0.352. The maximum absolute atomic E-state index is 12.1. The van der Waals surface area contributed by atoms with Gasteiger partial charge in [-0.15, -0.1) is 22.9 Å². The summed E-state index contributed by atoms with van der Waals surface area (Å²) in [6.45, 7) is 4.09. The summed E-state index contributed by atoms with van der Waals surface area (Å²) in [6, 6.07) is 0. The van der Waals surface area contributed by atoms with Crippen molar-refractivity contribution in [3.63, 3.8) is 0 Å². The van der Waals surface area contributed by atoms with Crippen molar-refractivity contribution in [3.8, 4) is 0 Å². The van der Waals surface area contributed by atoms with Crippen LogP contribution in [-0.4, -0.2) is 28.9 Å². The highest BCUT2D eigenvalue weighted by Gasteiger charge is 2.20. The third-order valence-corrected chi connectivity index (χ3v) is 5.54. The number of aryl methyl sites for hydroxylation is 1. The van der Waals surface area contributed by atoms with Crippen molar-refractivity contribution in [3.05, 3.63) is 16.1 Å². The van der Waals surface area contributed by atoms with Crippen LogP contribution in [-0.2, 0) is 17.1 Å². The topological polar surface area (TPSA) is 33.2 Å². The lowest BCUT2D eigenvalue weighted by Gasteiger charge is -2.20. The fourth-order valence-corrected chi connectivity index (χ4v) is 3.91. The maximum atomic E-state index is 12.1. The molecule has 1 aromatic heterocycles. The second-order valence-corrected chi connectivity index (χ2v) is 7.02. The number of hydrogen-bond donors (Lipinski definition) is 0. The van der Waals surface area contributed by atoms with Crippen molar-refractivity contribution in [2.24, 2.45) is 5.92 Å². The lowest BCUT2D eigenvalue weighted by Crippen LogP contribution is -2.31. The molecule has 0 saturated carbocycles. The summed E-state index contributed by atoms with van der Waals surface area (Å²) >= 11 is 7.45. The summed E-state index contributed by atoms with van der Waals surface area (Å²) in [7, 11) is 0. The highest BCUT2D eigenvalue weighted by molar-refractivity contribution is 7.09. The lowest BCUT2D eigenvalue weighted by molar-refractivity contribution is -0.130. The Morgan fingerprint density at radius 1 is 1.43 bits per heavy atom. The number of aromatic nitrogens is 1. The predicted molar refractivity (Wildman–Crippen MR) is 88.8 cm³/mol. The standard InChI is InChI=1S/C16H25ClN2OS/c1-2-13-6-7-16(20)19(10-8-13)9-4-3-5-15-18-14(11-17)12-21-15/h12-13H,2-11H2,1H3. The smallest absolute Gasteiger partial charge is 0.222 e. The zero-order valence-corrected chi connectivity index (χ0v) is 14.4. The average molecular weight is 329 g/mol. The molecule has 3 nitrogen and oxygen atoms in total. The van der Waals surface area contributed by atoms with Gasteiger partial charge in [-0.3, -0.25) is 4.79 Å². The van der Waals surface area contributed by atoms with Crippen molar-refractivity contribution in [2.45, 2.75) is 57.7 Å². The molecule has 1 saturated heterocycles. The van der Waals surface area contributed by atoms with Crippen LogP contribution < -0.4 is 0 Å². The molecule has 0 spiro atoms. The summed E-state index contributed by atoms with van der Waals surface area (Å²) in [5, 5.41) is 3.20. The number of halogens is 1. The number of carbonyl (C=O) groups is 1. The molecule has 2 rings (SSSR count). The number of likely N-dealkylation sites (tertiary alicyclic amines) is 1. The van der Waals surface area contributed by atoms with Crippen molar-refractivity contribution in [1.82, 2.24) is 9.88 Å². The van der Waals surface area contributed by atoms with Gasteiger partial charge < -0.3 is 4.90 Å². The molecule has 1 aromatic rings. The molecular formula is C16H25ClN2OS. The van der Waals surface area contributed by atoms with Gasteiger partial charge in [0.05, 0.1) is 16.6 Å². The predicted octanol–water partition coefficient (Wildman–Crippen LogP) is 4.24. The molecule has 0 N–H and O–H groups in total. The summed E-state index contributed by atoms with van der Waals surface area (Å²) in [5.74, 6) is 1.59. The number of thiazole rings is 1. The van der Waals surface area contributed by atoms with Crippen LogP contribution >= 0.6 is 22.9 Å². The number of rotatable bonds is 7.